The highest BCUT2D eigenvalue weighted by Gasteiger charge is 2.15. The topological polar surface area (TPSA) is 133 Å². The van der Waals surface area contributed by atoms with Gasteiger partial charge < -0.3 is 5.32 Å². The fourth-order valence-corrected chi connectivity index (χ4v) is 1.71. The molecular formula is C8H9IN6O3. The summed E-state index contributed by atoms with van der Waals surface area (Å²) in [5.41, 5.74) is 4.99. The fourth-order valence-electron chi connectivity index (χ4n) is 1.17. The average molecular weight is 364 g/mol. The van der Waals surface area contributed by atoms with Crippen molar-refractivity contribution in [3.8, 4) is 0 Å². The maximum atomic E-state index is 11.7. The number of rotatable bonds is 3. The maximum absolute atomic E-state index is 11.7. The van der Waals surface area contributed by atoms with Gasteiger partial charge in [0.2, 0.25) is 0 Å². The van der Waals surface area contributed by atoms with Gasteiger partial charge in [-0.2, -0.15) is 2.78 Å². The molecule has 0 aromatic carbocycles. The molecule has 0 spiro atoms. The van der Waals surface area contributed by atoms with Crippen molar-refractivity contribution in [1.82, 2.24) is 12.7 Å². The Labute approximate surface area is 114 Å². The predicted octanol–water partition coefficient (Wildman–Crippen LogP) is -0.424. The molecule has 1 rings (SSSR count). The Morgan fingerprint density at radius 2 is 2.17 bits per heavy atom. The third-order valence-corrected chi connectivity index (χ3v) is 2.88. The van der Waals surface area contributed by atoms with Crippen molar-refractivity contribution in [2.75, 3.05) is 7.05 Å². The highest BCUT2D eigenvalue weighted by atomic mass is 127. The van der Waals surface area contributed by atoms with Gasteiger partial charge in [0.25, 0.3) is 11.5 Å². The number of hydrogen-bond donors (Lipinski definition) is 3. The molecule has 0 bridgehead atoms. The van der Waals surface area contributed by atoms with Gasteiger partial charge in [0.15, 0.2) is 5.84 Å². The van der Waals surface area contributed by atoms with Gasteiger partial charge in [-0.25, -0.2) is 10.3 Å². The number of carbonyl (C=O) groups excluding carboxylic acids is 1. The first-order valence-corrected chi connectivity index (χ1v) is 5.58. The molecule has 0 aliphatic rings. The molecule has 0 radical (unpaired) electrons. The van der Waals surface area contributed by atoms with E-state index in [1.165, 1.54) is 29.9 Å². The van der Waals surface area contributed by atoms with Gasteiger partial charge in [0.1, 0.15) is 5.56 Å². The summed E-state index contributed by atoms with van der Waals surface area (Å²) in [6, 6.07) is 0. The van der Waals surface area contributed by atoms with Crippen molar-refractivity contribution >= 4 is 34.6 Å². The number of nitrogens with zero attached hydrogens (tertiary/aromatic N) is 3. The average Bonchev–Trinajstić information content (AvgIpc) is 2.38. The predicted molar refractivity (Wildman–Crippen MR) is 70.6 cm³/mol. The van der Waals surface area contributed by atoms with E-state index >= 15 is 0 Å². The van der Waals surface area contributed by atoms with Crippen LogP contribution in [0.3, 0.4) is 0 Å². The first-order valence-electron chi connectivity index (χ1n) is 4.62. The van der Waals surface area contributed by atoms with Gasteiger partial charge in [-0.15, -0.1) is 5.11 Å². The van der Waals surface area contributed by atoms with Gasteiger partial charge in [0, 0.05) is 13.2 Å². The van der Waals surface area contributed by atoms with E-state index in [2.05, 4.69) is 10.4 Å². The number of carbonyl (C=O) groups is 1. The van der Waals surface area contributed by atoms with Gasteiger partial charge >= 0.3 is 5.69 Å². The number of aromatic nitrogens is 2. The van der Waals surface area contributed by atoms with Crippen LogP contribution in [0.2, 0.25) is 0 Å². The summed E-state index contributed by atoms with van der Waals surface area (Å²) in [5.74, 6) is -0.997. The Bertz CT molecular complexity index is 631. The smallest absolute Gasteiger partial charge is 0.340 e. The number of halogens is 1. The second kappa shape index (κ2) is 5.66. The lowest BCUT2D eigenvalue weighted by Crippen LogP contribution is -2.40. The van der Waals surface area contributed by atoms with Crippen LogP contribution in [0.1, 0.15) is 10.4 Å². The lowest BCUT2D eigenvalue weighted by molar-refractivity contribution is 0.0960. The highest BCUT2D eigenvalue weighted by molar-refractivity contribution is 14.1. The minimum Gasteiger partial charge on any atom is -0.355 e. The second-order valence-electron chi connectivity index (χ2n) is 3.18. The number of hydrogen-bond acceptors (Lipinski definition) is 5. The van der Waals surface area contributed by atoms with E-state index in [1.807, 2.05) is 0 Å². The normalized spacial score (nSPS) is 9.89. The maximum Gasteiger partial charge on any atom is 0.340 e. The molecule has 96 valence electrons. The number of nitrogens with one attached hydrogen (secondary N) is 3. The summed E-state index contributed by atoms with van der Waals surface area (Å²) >= 11 is 1.47. The monoisotopic (exact) mass is 364 g/mol. The molecule has 9 nitrogen and oxygen atoms in total. The van der Waals surface area contributed by atoms with Crippen LogP contribution in [0.5, 0.6) is 0 Å². The van der Waals surface area contributed by atoms with Crippen LogP contribution in [0.4, 0.5) is 0 Å². The summed E-state index contributed by atoms with van der Waals surface area (Å²) in [6.07, 6.45) is 1.05. The molecule has 1 aromatic heterocycles. The van der Waals surface area contributed by atoms with Crippen LogP contribution in [0, 0.1) is 10.9 Å². The molecule has 3 N–H and O–H groups in total. The van der Waals surface area contributed by atoms with Crippen LogP contribution in [0.25, 0.3) is 0 Å². The van der Waals surface area contributed by atoms with E-state index in [-0.39, 0.29) is 17.9 Å². The van der Waals surface area contributed by atoms with Gasteiger partial charge in [0.05, 0.1) is 29.4 Å². The molecular weight excluding hydrogens is 355 g/mol. The summed E-state index contributed by atoms with van der Waals surface area (Å²) in [4.78, 5) is 34.8. The zero-order valence-electron chi connectivity index (χ0n) is 9.23. The fraction of sp³-hybridized carbons (Fsp3) is 0.250. The quantitative estimate of drug-likeness (QED) is 0.291. The van der Waals surface area contributed by atoms with E-state index in [4.69, 9.17) is 10.9 Å². The Kier molecular flexibility index (Phi) is 4.47. The Morgan fingerprint density at radius 3 is 2.67 bits per heavy atom. The highest BCUT2D eigenvalue weighted by Crippen LogP contribution is 1.93. The summed E-state index contributed by atoms with van der Waals surface area (Å²) in [6.45, 7) is -0.282. The van der Waals surface area contributed by atoms with Crippen molar-refractivity contribution in [2.24, 2.45) is 5.11 Å². The minimum atomic E-state index is -0.731. The molecule has 0 atom stereocenters. The molecule has 10 heteroatoms. The van der Waals surface area contributed by atoms with E-state index in [0.717, 1.165) is 13.5 Å². The number of amides is 1. The van der Waals surface area contributed by atoms with E-state index < -0.39 is 17.2 Å². The zero-order valence-corrected chi connectivity index (χ0v) is 11.4. The summed E-state index contributed by atoms with van der Waals surface area (Å²) < 4.78 is 1.71. The first-order chi connectivity index (χ1) is 8.42. The SMILES string of the molecule is CNC(=O)c1cn(CC(=N)N=N)c(=O)n(I)c1=O. The zero-order chi connectivity index (χ0) is 13.9. The van der Waals surface area contributed by atoms with Crippen LogP contribution >= 0.6 is 22.9 Å². The largest absolute Gasteiger partial charge is 0.355 e. The Hall–Kier alpha value is -1.85. The molecule has 1 amide bonds. The van der Waals surface area contributed by atoms with Crippen molar-refractivity contribution in [3.63, 3.8) is 0 Å². The second-order valence-corrected chi connectivity index (χ2v) is 4.14. The van der Waals surface area contributed by atoms with E-state index in [0.29, 0.717) is 0 Å². The molecule has 0 saturated carbocycles. The molecule has 18 heavy (non-hydrogen) atoms. The van der Waals surface area contributed by atoms with Crippen molar-refractivity contribution < 1.29 is 4.79 Å². The Morgan fingerprint density at radius 1 is 1.56 bits per heavy atom. The van der Waals surface area contributed by atoms with Crippen LogP contribution < -0.4 is 16.6 Å². The molecule has 0 saturated heterocycles. The van der Waals surface area contributed by atoms with E-state index in [1.54, 1.807) is 0 Å². The van der Waals surface area contributed by atoms with Crippen molar-refractivity contribution in [3.05, 3.63) is 32.6 Å². The van der Waals surface area contributed by atoms with Gasteiger partial charge in [-0.05, 0) is 0 Å². The van der Waals surface area contributed by atoms with E-state index in [9.17, 15) is 14.4 Å². The lowest BCUT2D eigenvalue weighted by atomic mass is 10.3. The molecule has 0 aliphatic carbocycles. The lowest BCUT2D eigenvalue weighted by Gasteiger charge is -2.07. The standard InChI is InChI=1S/C8H9IN6O3/c1-12-6(16)4-2-14(3-5(10)13-11)8(18)15(9)7(4)17/h2,10-11H,3H2,1H3,(H,12,16). The first kappa shape index (κ1) is 14.2. The molecule has 0 unspecified atom stereocenters. The molecule has 1 heterocycles. The van der Waals surface area contributed by atoms with Crippen molar-refractivity contribution in [1.29, 1.82) is 10.9 Å². The minimum absolute atomic E-state index is 0.218. The van der Waals surface area contributed by atoms with Crippen LogP contribution in [0.15, 0.2) is 20.9 Å². The summed E-state index contributed by atoms with van der Waals surface area (Å²) in [7, 11) is 1.36. The third kappa shape index (κ3) is 2.69. The third-order valence-electron chi connectivity index (χ3n) is 2.03. The van der Waals surface area contributed by atoms with Gasteiger partial charge in [-0.1, -0.05) is 0 Å². The molecule has 1 aromatic rings. The van der Waals surface area contributed by atoms with Crippen molar-refractivity contribution in [2.45, 2.75) is 6.54 Å². The molecule has 0 aliphatic heterocycles. The Balaban J connectivity index is 3.46. The van der Waals surface area contributed by atoms with Crippen LogP contribution in [-0.2, 0) is 6.54 Å². The summed E-state index contributed by atoms with van der Waals surface area (Å²) in [5, 5.41) is 12.3. The van der Waals surface area contributed by atoms with Gasteiger partial charge in [-0.3, -0.25) is 19.6 Å². The number of amidine groups is 1. The molecule has 0 fully saturated rings. The van der Waals surface area contributed by atoms with Crippen LogP contribution in [-0.4, -0.2) is 26.1 Å².